The Morgan fingerprint density at radius 2 is 0.359 bits per heavy atom. The van der Waals surface area contributed by atoms with Crippen LogP contribution in [-0.2, 0) is 0 Å². The molecule has 0 amide bonds. The minimum Gasteiger partial charge on any atom is -0.309 e. The number of nitrogens with zero attached hydrogens (tertiary/aromatic N) is 8. The summed E-state index contributed by atoms with van der Waals surface area (Å²) >= 11 is 3.71. The average Bonchev–Trinajstić information content (AvgIpc) is 1.62. The number of rotatable bonds is 14. The number of fused-ring (bicyclic) bond motifs is 13. The molecule has 8 nitrogen and oxygen atoms in total. The molecule has 25 rings (SSSR count). The van der Waals surface area contributed by atoms with E-state index in [4.69, 9.17) is 29.9 Å². The third-order valence-electron chi connectivity index (χ3n) is 24.7. The van der Waals surface area contributed by atoms with Crippen LogP contribution in [0.3, 0.4) is 0 Å². The Kier molecular flexibility index (Phi) is 18.8. The van der Waals surface area contributed by atoms with Gasteiger partial charge in [-0.05, 0) is 217 Å². The molecule has 0 unspecified atom stereocenters. The molecule has 0 aliphatic rings. The fourth-order valence-electron chi connectivity index (χ4n) is 18.2. The Bertz CT molecular complexity index is 8450. The highest BCUT2D eigenvalue weighted by molar-refractivity contribution is 7.26. The number of thiophene rings is 2. The Hall–Kier alpha value is -16.5. The molecule has 6 aromatic heterocycles. The van der Waals surface area contributed by atoms with E-state index in [1.54, 1.807) is 0 Å². The molecule has 0 aliphatic heterocycles. The summed E-state index contributed by atoms with van der Waals surface area (Å²) in [6, 6.07) is 160. The van der Waals surface area contributed by atoms with Crippen molar-refractivity contribution in [2.24, 2.45) is 0 Å². The van der Waals surface area contributed by atoms with E-state index in [0.29, 0.717) is 34.9 Å². The first kappa shape index (κ1) is 75.3. The summed E-state index contributed by atoms with van der Waals surface area (Å²) in [5.74, 6) is 3.85. The number of aromatic nitrogens is 8. The van der Waals surface area contributed by atoms with Crippen LogP contribution in [0.4, 0.5) is 0 Å². The molecule has 6 heterocycles. The van der Waals surface area contributed by atoms with Gasteiger partial charge in [0.05, 0.1) is 22.1 Å². The lowest BCUT2D eigenvalue weighted by Gasteiger charge is -2.11. The SMILES string of the molecule is c1ccc(-c2ccc3c(c2)c2cc(-c4ccc(-c5ccc6sc7ccccc7c6c5)cc4)ccc2n3-c2ccc(-c3nc(-c4ccccc4)nc(-c4ccccc4)n3)cc2)cc1.c1ccc(-c2nc(-c3ccccc3)nc(-c3ccc(-n4c5ccc(-c6ccc(-c7ccc8sc9ccccc9c8c7)cc6)cc5c5cc(-c6ccc7ccccc7c6)ccc54)cc3)n2)cc1. The van der Waals surface area contributed by atoms with Gasteiger partial charge in [0, 0.05) is 107 Å². The Labute approximate surface area is 746 Å². The summed E-state index contributed by atoms with van der Waals surface area (Å²) in [4.78, 5) is 29.8. The molecule has 128 heavy (non-hydrogen) atoms. The van der Waals surface area contributed by atoms with Gasteiger partial charge in [0.15, 0.2) is 34.9 Å². The monoisotopic (exact) mass is 1670 g/mol. The zero-order chi connectivity index (χ0) is 84.5. The quantitative estimate of drug-likeness (QED) is 0.108. The number of hydrogen-bond donors (Lipinski definition) is 0. The van der Waals surface area contributed by atoms with E-state index in [2.05, 4.69) is 337 Å². The van der Waals surface area contributed by atoms with Gasteiger partial charge >= 0.3 is 0 Å². The highest BCUT2D eigenvalue weighted by Gasteiger charge is 2.22. The summed E-state index contributed by atoms with van der Waals surface area (Å²) in [7, 11) is 0. The third kappa shape index (κ3) is 14.0. The summed E-state index contributed by atoms with van der Waals surface area (Å²) in [6.07, 6.45) is 0. The van der Waals surface area contributed by atoms with E-state index in [9.17, 15) is 0 Å². The second-order valence-corrected chi connectivity index (χ2v) is 34.6. The maximum Gasteiger partial charge on any atom is 0.164 e. The largest absolute Gasteiger partial charge is 0.309 e. The predicted octanol–water partition coefficient (Wildman–Crippen LogP) is 31.8. The van der Waals surface area contributed by atoms with Gasteiger partial charge in [-0.25, -0.2) is 29.9 Å². The van der Waals surface area contributed by atoms with Crippen molar-refractivity contribution in [1.29, 1.82) is 0 Å². The minimum absolute atomic E-state index is 0.632. The maximum absolute atomic E-state index is 5.00. The van der Waals surface area contributed by atoms with E-state index in [0.717, 1.165) is 66.8 Å². The normalized spacial score (nSPS) is 11.6. The molecule has 25 aromatic rings. The van der Waals surface area contributed by atoms with Crippen LogP contribution in [0.5, 0.6) is 0 Å². The lowest BCUT2D eigenvalue weighted by molar-refractivity contribution is 1.07. The maximum atomic E-state index is 5.00. The van der Waals surface area contributed by atoms with Gasteiger partial charge in [-0.1, -0.05) is 309 Å². The predicted molar refractivity (Wildman–Crippen MR) is 537 cm³/mol. The first-order valence-electron chi connectivity index (χ1n) is 43.1. The molecule has 0 fully saturated rings. The zero-order valence-electron chi connectivity index (χ0n) is 69.1. The van der Waals surface area contributed by atoms with Crippen LogP contribution in [0, 0.1) is 0 Å². The van der Waals surface area contributed by atoms with E-state index in [-0.39, 0.29) is 0 Å². The van der Waals surface area contributed by atoms with E-state index < -0.39 is 0 Å². The average molecular weight is 1670 g/mol. The van der Waals surface area contributed by atoms with Crippen molar-refractivity contribution in [2.45, 2.75) is 0 Å². The second kappa shape index (κ2) is 32.0. The van der Waals surface area contributed by atoms with E-state index >= 15 is 0 Å². The smallest absolute Gasteiger partial charge is 0.164 e. The molecule has 0 bridgehead atoms. The van der Waals surface area contributed by atoms with Crippen molar-refractivity contribution < 1.29 is 0 Å². The van der Waals surface area contributed by atoms with Crippen LogP contribution in [0.15, 0.2) is 449 Å². The van der Waals surface area contributed by atoms with Gasteiger partial charge < -0.3 is 9.13 Å². The Morgan fingerprint density at radius 1 is 0.141 bits per heavy atom. The molecule has 0 spiro atoms. The van der Waals surface area contributed by atoms with Crippen molar-refractivity contribution in [3.63, 3.8) is 0 Å². The van der Waals surface area contributed by atoms with Crippen LogP contribution in [0.2, 0.25) is 0 Å². The zero-order valence-corrected chi connectivity index (χ0v) is 70.8. The minimum atomic E-state index is 0.632. The van der Waals surface area contributed by atoms with Crippen LogP contribution in [0.25, 0.3) is 241 Å². The van der Waals surface area contributed by atoms with Gasteiger partial charge in [-0.3, -0.25) is 0 Å². The van der Waals surface area contributed by atoms with Crippen LogP contribution in [-0.4, -0.2) is 39.0 Å². The van der Waals surface area contributed by atoms with Crippen molar-refractivity contribution in [1.82, 2.24) is 39.0 Å². The van der Waals surface area contributed by atoms with Crippen LogP contribution >= 0.6 is 22.7 Å². The molecule has 598 valence electrons. The topological polar surface area (TPSA) is 87.2 Å². The molecule has 0 saturated carbocycles. The van der Waals surface area contributed by atoms with Crippen LogP contribution < -0.4 is 0 Å². The second-order valence-electron chi connectivity index (χ2n) is 32.5. The Morgan fingerprint density at radius 3 is 0.695 bits per heavy atom. The molecule has 0 saturated heterocycles. The molecule has 19 aromatic carbocycles. The van der Waals surface area contributed by atoms with Gasteiger partial charge in [0.1, 0.15) is 0 Å². The lowest BCUT2D eigenvalue weighted by atomic mass is 9.97. The number of hydrogen-bond acceptors (Lipinski definition) is 8. The van der Waals surface area contributed by atoms with Gasteiger partial charge in [-0.2, -0.15) is 0 Å². The molecule has 0 atom stereocenters. The Balaban J connectivity index is 0.000000143. The molecular formula is C118H74N8S2. The van der Waals surface area contributed by atoms with Crippen molar-refractivity contribution >= 4 is 117 Å². The fraction of sp³-hybridized carbons (Fsp3) is 0. The van der Waals surface area contributed by atoms with Gasteiger partial charge in [0.25, 0.3) is 0 Å². The van der Waals surface area contributed by atoms with Gasteiger partial charge in [0.2, 0.25) is 0 Å². The van der Waals surface area contributed by atoms with E-state index in [1.165, 1.54) is 139 Å². The molecule has 0 N–H and O–H groups in total. The third-order valence-corrected chi connectivity index (χ3v) is 27.0. The summed E-state index contributed by atoms with van der Waals surface area (Å²) < 4.78 is 10.1. The van der Waals surface area contributed by atoms with Crippen molar-refractivity contribution in [3.8, 4) is 146 Å². The summed E-state index contributed by atoms with van der Waals surface area (Å²) in [6.45, 7) is 0. The van der Waals surface area contributed by atoms with Crippen molar-refractivity contribution in [3.05, 3.63) is 449 Å². The fourth-order valence-corrected chi connectivity index (χ4v) is 20.4. The standard InChI is InChI=1S/C61H38N4S.C57H36N4S/c1-3-12-42(13-4-1)59-62-60(43-14-5-2-6-15-43)64-61(63-59)44-25-30-50(31-26-44)65-55-32-27-47(36-52(55)53-37-49(28-33-56(53)65)46-24-23-39-11-7-8-16-45(39)35-46)40-19-21-41(22-20-40)48-29-34-58-54(38-48)51-17-9-10-18-57(51)66-58;1-4-12-37(13-5-1)43-26-31-51-48(34-43)49-35-44(38-20-22-39(23-21-38)45-28-33-54-50(36-45)47-18-10-11-19-53(47)62-54)27-32-52(49)61(51)46-29-24-42(25-30-46)57-59-55(40-14-6-2-7-15-40)58-56(60-57)41-16-8-3-9-17-41/h1-38H;1-36H. The molecule has 10 heteroatoms. The lowest BCUT2D eigenvalue weighted by Crippen LogP contribution is -2.00. The first-order chi connectivity index (χ1) is 63.4. The van der Waals surface area contributed by atoms with E-state index in [1.807, 2.05) is 144 Å². The number of benzene rings is 19. The molecule has 0 aliphatic carbocycles. The molecular weight excluding hydrogens is 1590 g/mol. The summed E-state index contributed by atoms with van der Waals surface area (Å²) in [5.41, 5.74) is 26.7. The van der Waals surface area contributed by atoms with Crippen molar-refractivity contribution in [2.75, 3.05) is 0 Å². The summed E-state index contributed by atoms with van der Waals surface area (Å²) in [5, 5.41) is 12.6. The highest BCUT2D eigenvalue weighted by Crippen LogP contribution is 2.45. The first-order valence-corrected chi connectivity index (χ1v) is 44.7. The highest BCUT2D eigenvalue weighted by atomic mass is 32.1. The van der Waals surface area contributed by atoms with Crippen LogP contribution in [0.1, 0.15) is 0 Å². The molecule has 0 radical (unpaired) electrons. The van der Waals surface area contributed by atoms with Gasteiger partial charge in [-0.15, -0.1) is 22.7 Å².